The zero-order valence-electron chi connectivity index (χ0n) is 8.69. The number of benzene rings is 1. The SMILES string of the molecule is COC[C@@H]1C[C@H]1c1cccc(OC)c1. The molecule has 1 aliphatic rings. The molecule has 2 heteroatoms. The van der Waals surface area contributed by atoms with Crippen LogP contribution in [0, 0.1) is 5.92 Å². The molecule has 2 atom stereocenters. The van der Waals surface area contributed by atoms with Crippen LogP contribution < -0.4 is 4.74 Å². The number of ether oxygens (including phenoxy) is 2. The van der Waals surface area contributed by atoms with Crippen LogP contribution in [-0.4, -0.2) is 20.8 Å². The Labute approximate surface area is 84.8 Å². The van der Waals surface area contributed by atoms with Crippen LogP contribution in [0.2, 0.25) is 0 Å². The Morgan fingerprint density at radius 2 is 2.21 bits per heavy atom. The Hall–Kier alpha value is -1.02. The minimum absolute atomic E-state index is 0.685. The third-order valence-electron chi connectivity index (χ3n) is 2.83. The van der Waals surface area contributed by atoms with Crippen LogP contribution in [-0.2, 0) is 4.74 Å². The maximum absolute atomic E-state index is 5.20. The van der Waals surface area contributed by atoms with E-state index < -0.39 is 0 Å². The van der Waals surface area contributed by atoms with Gasteiger partial charge in [0.05, 0.1) is 7.11 Å². The van der Waals surface area contributed by atoms with Crippen molar-refractivity contribution in [3.05, 3.63) is 29.8 Å². The molecule has 0 heterocycles. The predicted octanol–water partition coefficient (Wildman–Crippen LogP) is 2.45. The second-order valence-corrected chi connectivity index (χ2v) is 3.83. The van der Waals surface area contributed by atoms with Crippen LogP contribution in [0.5, 0.6) is 5.75 Å². The maximum Gasteiger partial charge on any atom is 0.119 e. The van der Waals surface area contributed by atoms with Crippen molar-refractivity contribution < 1.29 is 9.47 Å². The molecule has 1 aromatic rings. The van der Waals surface area contributed by atoms with Crippen LogP contribution in [0.4, 0.5) is 0 Å². The topological polar surface area (TPSA) is 18.5 Å². The molecule has 14 heavy (non-hydrogen) atoms. The molecule has 2 rings (SSSR count). The summed E-state index contributed by atoms with van der Waals surface area (Å²) in [6, 6.07) is 8.33. The molecule has 1 aliphatic carbocycles. The van der Waals surface area contributed by atoms with E-state index in [0.29, 0.717) is 11.8 Å². The van der Waals surface area contributed by atoms with Crippen LogP contribution in [0.25, 0.3) is 0 Å². The van der Waals surface area contributed by atoms with Gasteiger partial charge in [-0.3, -0.25) is 0 Å². The molecule has 0 amide bonds. The zero-order chi connectivity index (χ0) is 9.97. The Morgan fingerprint density at radius 3 is 2.93 bits per heavy atom. The van der Waals surface area contributed by atoms with Crippen molar-refractivity contribution in [2.45, 2.75) is 12.3 Å². The third kappa shape index (κ3) is 1.90. The van der Waals surface area contributed by atoms with Gasteiger partial charge in [0.1, 0.15) is 5.75 Å². The summed E-state index contributed by atoms with van der Waals surface area (Å²) in [4.78, 5) is 0. The molecule has 0 aromatic heterocycles. The van der Waals surface area contributed by atoms with Crippen molar-refractivity contribution in [2.75, 3.05) is 20.8 Å². The summed E-state index contributed by atoms with van der Waals surface area (Å²) < 4.78 is 10.3. The van der Waals surface area contributed by atoms with E-state index in [-0.39, 0.29) is 0 Å². The average molecular weight is 192 g/mol. The highest BCUT2D eigenvalue weighted by molar-refractivity contribution is 5.33. The number of methoxy groups -OCH3 is 2. The number of rotatable bonds is 4. The lowest BCUT2D eigenvalue weighted by atomic mass is 10.1. The monoisotopic (exact) mass is 192 g/mol. The summed E-state index contributed by atoms with van der Waals surface area (Å²) in [5, 5.41) is 0. The van der Waals surface area contributed by atoms with E-state index in [0.717, 1.165) is 12.4 Å². The Balaban J connectivity index is 2.03. The summed E-state index contributed by atoms with van der Waals surface area (Å²) in [5.74, 6) is 2.35. The summed E-state index contributed by atoms with van der Waals surface area (Å²) in [5.41, 5.74) is 1.38. The van der Waals surface area contributed by atoms with Gasteiger partial charge in [0.15, 0.2) is 0 Å². The molecule has 1 fully saturated rings. The lowest BCUT2D eigenvalue weighted by molar-refractivity contribution is 0.184. The van der Waals surface area contributed by atoms with Gasteiger partial charge in [-0.1, -0.05) is 12.1 Å². The smallest absolute Gasteiger partial charge is 0.119 e. The van der Waals surface area contributed by atoms with Gasteiger partial charge in [0.25, 0.3) is 0 Å². The van der Waals surface area contributed by atoms with Crippen molar-refractivity contribution >= 4 is 0 Å². The van der Waals surface area contributed by atoms with Gasteiger partial charge in [0, 0.05) is 13.7 Å². The Morgan fingerprint density at radius 1 is 1.36 bits per heavy atom. The first kappa shape index (κ1) is 9.53. The maximum atomic E-state index is 5.20. The van der Waals surface area contributed by atoms with E-state index in [1.54, 1.807) is 14.2 Å². The molecule has 0 saturated heterocycles. The van der Waals surface area contributed by atoms with Crippen molar-refractivity contribution in [1.82, 2.24) is 0 Å². The fourth-order valence-corrected chi connectivity index (χ4v) is 1.93. The summed E-state index contributed by atoms with van der Waals surface area (Å²) in [6.07, 6.45) is 1.25. The molecule has 1 saturated carbocycles. The van der Waals surface area contributed by atoms with E-state index in [1.165, 1.54) is 12.0 Å². The molecule has 0 spiro atoms. The Bertz CT molecular complexity index is 309. The summed E-state index contributed by atoms with van der Waals surface area (Å²) in [6.45, 7) is 0.877. The fourth-order valence-electron chi connectivity index (χ4n) is 1.93. The first-order valence-electron chi connectivity index (χ1n) is 4.98. The standard InChI is InChI=1S/C12H16O2/c1-13-8-10-7-12(10)9-4-3-5-11(6-9)14-2/h3-6,10,12H,7-8H2,1-2H3/t10-,12-/m0/s1. The van der Waals surface area contributed by atoms with Crippen molar-refractivity contribution in [2.24, 2.45) is 5.92 Å². The Kier molecular flexibility index (Phi) is 2.73. The highest BCUT2D eigenvalue weighted by Crippen LogP contribution is 2.47. The quantitative estimate of drug-likeness (QED) is 0.729. The third-order valence-corrected chi connectivity index (χ3v) is 2.83. The van der Waals surface area contributed by atoms with Gasteiger partial charge in [-0.05, 0) is 36.0 Å². The zero-order valence-corrected chi connectivity index (χ0v) is 8.69. The first-order valence-corrected chi connectivity index (χ1v) is 4.98. The van der Waals surface area contributed by atoms with Gasteiger partial charge in [0.2, 0.25) is 0 Å². The predicted molar refractivity (Wildman–Crippen MR) is 55.7 cm³/mol. The van der Waals surface area contributed by atoms with Gasteiger partial charge >= 0.3 is 0 Å². The summed E-state index contributed by atoms with van der Waals surface area (Å²) in [7, 11) is 3.47. The highest BCUT2D eigenvalue weighted by Gasteiger charge is 2.38. The van der Waals surface area contributed by atoms with E-state index in [4.69, 9.17) is 9.47 Å². The molecule has 0 bridgehead atoms. The number of hydrogen-bond donors (Lipinski definition) is 0. The molecule has 0 aliphatic heterocycles. The number of hydrogen-bond acceptors (Lipinski definition) is 2. The van der Waals surface area contributed by atoms with E-state index in [9.17, 15) is 0 Å². The van der Waals surface area contributed by atoms with Crippen molar-refractivity contribution in [3.63, 3.8) is 0 Å². The van der Waals surface area contributed by atoms with E-state index >= 15 is 0 Å². The molecular weight excluding hydrogens is 176 g/mol. The lowest BCUT2D eigenvalue weighted by Crippen LogP contribution is -1.93. The van der Waals surface area contributed by atoms with Crippen LogP contribution in [0.1, 0.15) is 17.9 Å². The highest BCUT2D eigenvalue weighted by atomic mass is 16.5. The van der Waals surface area contributed by atoms with E-state index in [1.807, 2.05) is 6.07 Å². The van der Waals surface area contributed by atoms with Gasteiger partial charge in [-0.2, -0.15) is 0 Å². The average Bonchev–Trinajstić information content (AvgIpc) is 2.98. The van der Waals surface area contributed by atoms with Gasteiger partial charge < -0.3 is 9.47 Å². The van der Waals surface area contributed by atoms with Gasteiger partial charge in [-0.25, -0.2) is 0 Å². The normalized spacial score (nSPS) is 24.7. The van der Waals surface area contributed by atoms with Crippen LogP contribution >= 0.6 is 0 Å². The fraction of sp³-hybridized carbons (Fsp3) is 0.500. The molecule has 0 radical (unpaired) electrons. The minimum Gasteiger partial charge on any atom is -0.497 e. The second-order valence-electron chi connectivity index (χ2n) is 3.83. The van der Waals surface area contributed by atoms with Crippen LogP contribution in [0.15, 0.2) is 24.3 Å². The van der Waals surface area contributed by atoms with Crippen molar-refractivity contribution in [3.8, 4) is 5.75 Å². The van der Waals surface area contributed by atoms with Crippen molar-refractivity contribution in [1.29, 1.82) is 0 Å². The molecule has 0 unspecified atom stereocenters. The lowest BCUT2D eigenvalue weighted by Gasteiger charge is -2.03. The second kappa shape index (κ2) is 4.01. The minimum atomic E-state index is 0.685. The molecular formula is C12H16O2. The van der Waals surface area contributed by atoms with E-state index in [2.05, 4.69) is 18.2 Å². The van der Waals surface area contributed by atoms with Gasteiger partial charge in [-0.15, -0.1) is 0 Å². The molecule has 1 aromatic carbocycles. The molecule has 2 nitrogen and oxygen atoms in total. The molecule has 0 N–H and O–H groups in total. The molecule has 76 valence electrons. The first-order chi connectivity index (χ1) is 6.85. The largest absolute Gasteiger partial charge is 0.497 e. The van der Waals surface area contributed by atoms with Crippen LogP contribution in [0.3, 0.4) is 0 Å². The summed E-state index contributed by atoms with van der Waals surface area (Å²) >= 11 is 0.